The van der Waals surface area contributed by atoms with E-state index < -0.39 is 26.5 Å². The highest BCUT2D eigenvalue weighted by atomic mass is 35.5. The van der Waals surface area contributed by atoms with Crippen LogP contribution >= 0.6 is 20.2 Å². The predicted molar refractivity (Wildman–Crippen MR) is 169 cm³/mol. The van der Waals surface area contributed by atoms with E-state index in [0.29, 0.717) is 5.56 Å². The lowest BCUT2D eigenvalue weighted by Gasteiger charge is -2.17. The molecular weight excluding hydrogens is 599 g/mol. The monoisotopic (exact) mass is 622 g/mol. The molecule has 0 aliphatic heterocycles. The van der Waals surface area contributed by atoms with Crippen LogP contribution < -0.4 is 19.5 Å². The van der Waals surface area contributed by atoms with Crippen LogP contribution in [0.5, 0.6) is 17.2 Å². The van der Waals surface area contributed by atoms with Gasteiger partial charge in [0, 0.05) is 17.7 Å². The molecule has 1 atom stereocenters. The summed E-state index contributed by atoms with van der Waals surface area (Å²) in [5, 5.41) is 0.365. The number of carbonyl (C=O) groups excluding carboxylic acids is 4. The molecule has 5 aromatic carbocycles. The van der Waals surface area contributed by atoms with Gasteiger partial charge in [-0.1, -0.05) is 78.3 Å². The molecule has 0 fully saturated rings. The van der Waals surface area contributed by atoms with Gasteiger partial charge < -0.3 is 14.2 Å². The molecule has 0 amide bonds. The third-order valence-corrected chi connectivity index (χ3v) is 7.91. The zero-order chi connectivity index (χ0) is 31.1. The van der Waals surface area contributed by atoms with Gasteiger partial charge in [-0.3, -0.25) is 4.79 Å². The summed E-state index contributed by atoms with van der Waals surface area (Å²) in [6, 6.07) is 32.5. The first kappa shape index (κ1) is 30.4. The first-order chi connectivity index (χ1) is 21.3. The summed E-state index contributed by atoms with van der Waals surface area (Å²) < 4.78 is 17.2. The fourth-order valence-electron chi connectivity index (χ4n) is 4.21. The van der Waals surface area contributed by atoms with E-state index in [2.05, 4.69) is 0 Å². The number of benzene rings is 5. The van der Waals surface area contributed by atoms with Crippen molar-refractivity contribution in [1.29, 1.82) is 0 Å². The van der Waals surface area contributed by atoms with E-state index in [1.807, 2.05) is 0 Å². The molecule has 0 N–H and O–H groups in total. The van der Waals surface area contributed by atoms with Gasteiger partial charge in [-0.05, 0) is 63.5 Å². The summed E-state index contributed by atoms with van der Waals surface area (Å²) in [4.78, 5) is 53.0. The van der Waals surface area contributed by atoms with Crippen LogP contribution in [0.3, 0.4) is 0 Å². The number of hydrogen-bond donors (Lipinski definition) is 0. The SMILES string of the molecule is Cc1cccc(Cl)c1C(=O)Pc1c(OC(=O)c2ccccc2)cc(OC(=O)c2ccccc2)cc1OC(=O)c1ccccc1. The number of halogens is 1. The minimum absolute atomic E-state index is 0.0690. The molecule has 0 aliphatic rings. The Labute approximate surface area is 260 Å². The zero-order valence-electron chi connectivity index (χ0n) is 23.3. The van der Waals surface area contributed by atoms with Crippen molar-refractivity contribution in [1.82, 2.24) is 0 Å². The predicted octanol–water partition coefficient (Wildman–Crippen LogP) is 7.45. The standard InChI is InChI=1S/C35H24ClO7P/c1-22-12-11-19-27(36)30(22)35(40)44-31-28(42-33(38)24-15-7-3-8-16-24)20-26(41-32(37)23-13-5-2-6-14-23)21-29(31)43-34(39)25-17-9-4-10-18-25/h2-21,44H,1H3. The van der Waals surface area contributed by atoms with E-state index >= 15 is 0 Å². The Hall–Kier alpha value is -5.10. The summed E-state index contributed by atoms with van der Waals surface area (Å²) in [5.41, 5.74) is 1.31. The molecule has 0 saturated heterocycles. The van der Waals surface area contributed by atoms with Crippen molar-refractivity contribution in [3.63, 3.8) is 0 Å². The number of ether oxygens (including phenoxy) is 3. The number of hydrogen-bond acceptors (Lipinski definition) is 7. The fraction of sp³-hybridized carbons (Fsp3) is 0.0286. The highest BCUT2D eigenvalue weighted by Crippen LogP contribution is 2.37. The molecule has 9 heteroatoms. The second kappa shape index (κ2) is 13.9. The number of carbonyl (C=O) groups is 4. The van der Waals surface area contributed by atoms with Gasteiger partial charge in [0.1, 0.15) is 17.2 Å². The molecule has 0 radical (unpaired) electrons. The molecule has 0 aromatic heterocycles. The van der Waals surface area contributed by atoms with Gasteiger partial charge in [-0.15, -0.1) is 0 Å². The van der Waals surface area contributed by atoms with Gasteiger partial charge in [0.05, 0.1) is 27.0 Å². The number of esters is 3. The summed E-state index contributed by atoms with van der Waals surface area (Å²) in [6.45, 7) is 1.75. The molecule has 7 nitrogen and oxygen atoms in total. The van der Waals surface area contributed by atoms with Crippen molar-refractivity contribution >= 4 is 48.9 Å². The van der Waals surface area contributed by atoms with Crippen LogP contribution in [0.4, 0.5) is 0 Å². The van der Waals surface area contributed by atoms with Crippen LogP contribution in [0.25, 0.3) is 0 Å². The highest BCUT2D eigenvalue weighted by molar-refractivity contribution is 7.66. The summed E-state index contributed by atoms with van der Waals surface area (Å²) in [6.07, 6.45) is 0. The Bertz CT molecular complexity index is 1750. The Morgan fingerprint density at radius 1 is 0.568 bits per heavy atom. The average molecular weight is 623 g/mol. The van der Waals surface area contributed by atoms with E-state index in [1.165, 1.54) is 12.1 Å². The Morgan fingerprint density at radius 2 is 1.00 bits per heavy atom. The van der Waals surface area contributed by atoms with Crippen molar-refractivity contribution in [2.45, 2.75) is 6.92 Å². The van der Waals surface area contributed by atoms with E-state index in [9.17, 15) is 19.2 Å². The zero-order valence-corrected chi connectivity index (χ0v) is 25.0. The van der Waals surface area contributed by atoms with Crippen molar-refractivity contribution in [2.75, 3.05) is 0 Å². The lowest BCUT2D eigenvalue weighted by Crippen LogP contribution is -2.19. The Balaban J connectivity index is 1.62. The van der Waals surface area contributed by atoms with E-state index in [-0.39, 0.29) is 55.4 Å². The second-order valence-corrected chi connectivity index (χ2v) is 11.1. The highest BCUT2D eigenvalue weighted by Gasteiger charge is 2.25. The Kier molecular flexibility index (Phi) is 9.60. The molecule has 0 aliphatic carbocycles. The van der Waals surface area contributed by atoms with Crippen LogP contribution in [0.2, 0.25) is 5.02 Å². The molecule has 44 heavy (non-hydrogen) atoms. The number of rotatable bonds is 9. The van der Waals surface area contributed by atoms with Gasteiger partial charge in [-0.25, -0.2) is 14.4 Å². The van der Waals surface area contributed by atoms with Gasteiger partial charge in [-0.2, -0.15) is 0 Å². The smallest absolute Gasteiger partial charge is 0.343 e. The summed E-state index contributed by atoms with van der Waals surface area (Å²) in [5.74, 6) is -2.46. The molecule has 0 saturated carbocycles. The van der Waals surface area contributed by atoms with Crippen molar-refractivity contribution in [3.05, 3.63) is 154 Å². The first-order valence-corrected chi connectivity index (χ1v) is 14.7. The Morgan fingerprint density at radius 3 is 1.43 bits per heavy atom. The van der Waals surface area contributed by atoms with Gasteiger partial charge >= 0.3 is 17.9 Å². The molecule has 5 aromatic rings. The summed E-state index contributed by atoms with van der Waals surface area (Å²) >= 11 is 6.40. The van der Waals surface area contributed by atoms with Crippen LogP contribution in [0.15, 0.2) is 121 Å². The largest absolute Gasteiger partial charge is 0.423 e. The maximum Gasteiger partial charge on any atom is 0.343 e. The first-order valence-electron chi connectivity index (χ1n) is 13.4. The summed E-state index contributed by atoms with van der Waals surface area (Å²) in [7, 11) is -0.693. The maximum atomic E-state index is 13.7. The molecule has 218 valence electrons. The maximum absolute atomic E-state index is 13.7. The molecule has 1 unspecified atom stereocenters. The van der Waals surface area contributed by atoms with E-state index in [0.717, 1.165) is 0 Å². The van der Waals surface area contributed by atoms with Crippen molar-refractivity contribution in [2.24, 2.45) is 0 Å². The molecule has 0 heterocycles. The van der Waals surface area contributed by atoms with Gasteiger partial charge in [0.25, 0.3) is 0 Å². The normalized spacial score (nSPS) is 10.8. The lowest BCUT2D eigenvalue weighted by molar-refractivity contribution is 0.0732. The van der Waals surface area contributed by atoms with Crippen LogP contribution in [0, 0.1) is 6.92 Å². The average Bonchev–Trinajstić information content (AvgIpc) is 3.03. The van der Waals surface area contributed by atoms with Crippen LogP contribution in [0.1, 0.15) is 47.0 Å². The third kappa shape index (κ3) is 7.27. The molecular formula is C35H24ClO7P. The third-order valence-electron chi connectivity index (χ3n) is 6.37. The number of aryl methyl sites for hydroxylation is 1. The second-order valence-electron chi connectivity index (χ2n) is 9.45. The minimum atomic E-state index is -0.732. The van der Waals surface area contributed by atoms with Gasteiger partial charge in [0.2, 0.25) is 0 Å². The topological polar surface area (TPSA) is 96.0 Å². The fourth-order valence-corrected chi connectivity index (χ4v) is 5.77. The molecule has 0 bridgehead atoms. The van der Waals surface area contributed by atoms with Gasteiger partial charge in [0.15, 0.2) is 5.52 Å². The molecule has 5 rings (SSSR count). The van der Waals surface area contributed by atoms with Crippen molar-refractivity contribution in [3.8, 4) is 17.2 Å². The van der Waals surface area contributed by atoms with Crippen LogP contribution in [-0.4, -0.2) is 23.4 Å². The molecule has 0 spiro atoms. The van der Waals surface area contributed by atoms with E-state index in [1.54, 1.807) is 116 Å². The van der Waals surface area contributed by atoms with Crippen molar-refractivity contribution < 1.29 is 33.4 Å². The minimum Gasteiger partial charge on any atom is -0.423 e. The lowest BCUT2D eigenvalue weighted by atomic mass is 10.1. The van der Waals surface area contributed by atoms with E-state index in [4.69, 9.17) is 25.8 Å². The van der Waals surface area contributed by atoms with Crippen LogP contribution in [-0.2, 0) is 0 Å². The quantitative estimate of drug-likeness (QED) is 0.0957.